The topological polar surface area (TPSA) is 23.5 Å². The molecule has 2 nitrogen and oxygen atoms in total. The average Bonchev–Trinajstić information content (AvgIpc) is 2.42. The van der Waals surface area contributed by atoms with Gasteiger partial charge >= 0.3 is 0 Å². The van der Waals surface area contributed by atoms with Crippen LogP contribution in [0.25, 0.3) is 0 Å². The molecule has 3 unspecified atom stereocenters. The van der Waals surface area contributed by atoms with Crippen molar-refractivity contribution in [2.24, 2.45) is 0 Å². The minimum Gasteiger partial charge on any atom is -0.391 e. The molecule has 0 spiro atoms. The molecule has 0 aliphatic carbocycles. The minimum absolute atomic E-state index is 0.0772. The SMILES string of the molecule is CN1C2CCC1(CCl)C(O)C2. The molecule has 11 heavy (non-hydrogen) atoms. The molecule has 2 saturated heterocycles. The van der Waals surface area contributed by atoms with Crippen LogP contribution in [0.3, 0.4) is 0 Å². The molecule has 3 atom stereocenters. The zero-order valence-corrected chi connectivity index (χ0v) is 7.51. The maximum absolute atomic E-state index is 9.71. The zero-order chi connectivity index (χ0) is 8.06. The Morgan fingerprint density at radius 3 is 2.73 bits per heavy atom. The van der Waals surface area contributed by atoms with E-state index in [0.717, 1.165) is 12.8 Å². The summed E-state index contributed by atoms with van der Waals surface area (Å²) in [4.78, 5) is 2.27. The molecule has 0 amide bonds. The van der Waals surface area contributed by atoms with Gasteiger partial charge in [-0.1, -0.05) is 0 Å². The normalized spacial score (nSPS) is 50.5. The van der Waals surface area contributed by atoms with Crippen LogP contribution in [-0.2, 0) is 0 Å². The van der Waals surface area contributed by atoms with Gasteiger partial charge in [0.15, 0.2) is 0 Å². The number of alkyl halides is 1. The van der Waals surface area contributed by atoms with Crippen molar-refractivity contribution in [2.45, 2.75) is 36.9 Å². The highest BCUT2D eigenvalue weighted by Gasteiger charge is 2.55. The quantitative estimate of drug-likeness (QED) is 0.597. The maximum atomic E-state index is 9.71. The molecule has 0 aromatic heterocycles. The highest BCUT2D eigenvalue weighted by atomic mass is 35.5. The molecule has 1 N–H and O–H groups in total. The Balaban J connectivity index is 2.28. The van der Waals surface area contributed by atoms with Crippen molar-refractivity contribution >= 4 is 11.6 Å². The highest BCUT2D eigenvalue weighted by Crippen LogP contribution is 2.45. The summed E-state index contributed by atoms with van der Waals surface area (Å²) < 4.78 is 0. The molecule has 0 aromatic rings. The lowest BCUT2D eigenvalue weighted by atomic mass is 9.87. The number of fused-ring (bicyclic) bond motifs is 2. The van der Waals surface area contributed by atoms with Crippen molar-refractivity contribution in [3.8, 4) is 0 Å². The fourth-order valence-corrected chi connectivity index (χ4v) is 3.06. The van der Waals surface area contributed by atoms with E-state index in [1.54, 1.807) is 0 Å². The van der Waals surface area contributed by atoms with Crippen LogP contribution in [0.15, 0.2) is 0 Å². The smallest absolute Gasteiger partial charge is 0.0750 e. The van der Waals surface area contributed by atoms with Crippen molar-refractivity contribution in [3.05, 3.63) is 0 Å². The second kappa shape index (κ2) is 2.35. The van der Waals surface area contributed by atoms with Crippen molar-refractivity contribution < 1.29 is 5.11 Å². The first-order valence-electron chi connectivity index (χ1n) is 4.18. The van der Waals surface area contributed by atoms with Gasteiger partial charge in [0.05, 0.1) is 11.6 Å². The van der Waals surface area contributed by atoms with E-state index in [-0.39, 0.29) is 11.6 Å². The third-order valence-corrected chi connectivity index (χ3v) is 3.97. The maximum Gasteiger partial charge on any atom is 0.0750 e. The molecule has 2 fully saturated rings. The first kappa shape index (κ1) is 7.84. The summed E-state index contributed by atoms with van der Waals surface area (Å²) >= 11 is 5.88. The summed E-state index contributed by atoms with van der Waals surface area (Å²) in [5, 5.41) is 9.71. The number of hydrogen-bond donors (Lipinski definition) is 1. The lowest BCUT2D eigenvalue weighted by Crippen LogP contribution is -2.47. The van der Waals surface area contributed by atoms with Gasteiger partial charge in [0, 0.05) is 11.9 Å². The van der Waals surface area contributed by atoms with Crippen molar-refractivity contribution in [1.82, 2.24) is 4.90 Å². The van der Waals surface area contributed by atoms with Crippen LogP contribution in [0.5, 0.6) is 0 Å². The molecular formula is C8H14ClNO. The van der Waals surface area contributed by atoms with Crippen molar-refractivity contribution in [2.75, 3.05) is 12.9 Å². The second-order valence-electron chi connectivity index (χ2n) is 3.79. The highest BCUT2D eigenvalue weighted by molar-refractivity contribution is 6.18. The fourth-order valence-electron chi connectivity index (χ4n) is 2.56. The summed E-state index contributed by atoms with van der Waals surface area (Å²) in [5.41, 5.74) is -0.0772. The molecule has 0 aromatic carbocycles. The van der Waals surface area contributed by atoms with E-state index < -0.39 is 0 Å². The van der Waals surface area contributed by atoms with Gasteiger partial charge in [0.2, 0.25) is 0 Å². The first-order valence-corrected chi connectivity index (χ1v) is 4.71. The standard InChI is InChI=1S/C8H14ClNO/c1-10-6-2-3-8(10,5-9)7(11)4-6/h6-7,11H,2-5H2,1H3. The Morgan fingerprint density at radius 2 is 2.45 bits per heavy atom. The van der Waals surface area contributed by atoms with Gasteiger partial charge in [-0.15, -0.1) is 11.6 Å². The number of rotatable bonds is 1. The Morgan fingerprint density at radius 1 is 1.73 bits per heavy atom. The molecule has 2 bridgehead atoms. The van der Waals surface area contributed by atoms with Crippen LogP contribution < -0.4 is 0 Å². The Kier molecular flexibility index (Phi) is 1.67. The second-order valence-corrected chi connectivity index (χ2v) is 4.06. The Hall–Kier alpha value is 0.210. The zero-order valence-electron chi connectivity index (χ0n) is 6.76. The lowest BCUT2D eigenvalue weighted by molar-refractivity contribution is 0.0639. The predicted octanol–water partition coefficient (Wildman–Crippen LogP) is 0.823. The van der Waals surface area contributed by atoms with Gasteiger partial charge in [0.25, 0.3) is 0 Å². The molecule has 2 aliphatic heterocycles. The van der Waals surface area contributed by atoms with E-state index in [9.17, 15) is 5.11 Å². The number of aliphatic hydroxyl groups excluding tert-OH is 1. The number of halogens is 1. The van der Waals surface area contributed by atoms with Crippen LogP contribution >= 0.6 is 11.6 Å². The summed E-state index contributed by atoms with van der Waals surface area (Å²) in [6.07, 6.45) is 3.01. The lowest BCUT2D eigenvalue weighted by Gasteiger charge is -2.33. The van der Waals surface area contributed by atoms with E-state index in [2.05, 4.69) is 11.9 Å². The summed E-state index contributed by atoms with van der Waals surface area (Å²) in [7, 11) is 2.08. The molecular weight excluding hydrogens is 162 g/mol. The van der Waals surface area contributed by atoms with Gasteiger partial charge in [-0.05, 0) is 26.3 Å². The van der Waals surface area contributed by atoms with E-state index in [1.165, 1.54) is 6.42 Å². The van der Waals surface area contributed by atoms with Crippen LogP contribution in [-0.4, -0.2) is 40.6 Å². The fraction of sp³-hybridized carbons (Fsp3) is 1.00. The van der Waals surface area contributed by atoms with E-state index in [1.807, 2.05) is 0 Å². The average molecular weight is 176 g/mol. The molecule has 2 rings (SSSR count). The van der Waals surface area contributed by atoms with Gasteiger partial charge in [0.1, 0.15) is 0 Å². The number of aliphatic hydroxyl groups is 1. The molecule has 2 heterocycles. The van der Waals surface area contributed by atoms with Crippen LogP contribution in [0.1, 0.15) is 19.3 Å². The minimum atomic E-state index is -0.191. The summed E-state index contributed by atoms with van der Waals surface area (Å²) in [6, 6.07) is 0.587. The van der Waals surface area contributed by atoms with Gasteiger partial charge in [-0.2, -0.15) is 0 Å². The summed E-state index contributed by atoms with van der Waals surface area (Å²) in [6.45, 7) is 0. The van der Waals surface area contributed by atoms with Crippen LogP contribution in [0.4, 0.5) is 0 Å². The number of hydrogen-bond acceptors (Lipinski definition) is 2. The predicted molar refractivity (Wildman–Crippen MR) is 44.9 cm³/mol. The van der Waals surface area contributed by atoms with Gasteiger partial charge < -0.3 is 5.11 Å². The molecule has 64 valence electrons. The van der Waals surface area contributed by atoms with Crippen molar-refractivity contribution in [1.29, 1.82) is 0 Å². The molecule has 0 radical (unpaired) electrons. The first-order chi connectivity index (χ1) is 5.20. The largest absolute Gasteiger partial charge is 0.391 e. The third-order valence-electron chi connectivity index (χ3n) is 3.51. The van der Waals surface area contributed by atoms with E-state index in [4.69, 9.17) is 11.6 Å². The van der Waals surface area contributed by atoms with E-state index in [0.29, 0.717) is 11.9 Å². The van der Waals surface area contributed by atoms with E-state index >= 15 is 0 Å². The molecule has 0 saturated carbocycles. The van der Waals surface area contributed by atoms with Crippen molar-refractivity contribution in [3.63, 3.8) is 0 Å². The summed E-state index contributed by atoms with van der Waals surface area (Å²) in [5.74, 6) is 0.571. The van der Waals surface area contributed by atoms with Gasteiger partial charge in [-0.3, -0.25) is 4.90 Å². The number of nitrogens with zero attached hydrogens (tertiary/aromatic N) is 1. The Bertz CT molecular complexity index is 175. The Labute approximate surface area is 72.1 Å². The monoisotopic (exact) mass is 175 g/mol. The molecule has 2 aliphatic rings. The van der Waals surface area contributed by atoms with Crippen LogP contribution in [0.2, 0.25) is 0 Å². The van der Waals surface area contributed by atoms with Gasteiger partial charge in [-0.25, -0.2) is 0 Å². The van der Waals surface area contributed by atoms with Crippen LogP contribution in [0, 0.1) is 0 Å². The molecule has 3 heteroatoms. The third kappa shape index (κ3) is 0.807. The number of likely N-dealkylation sites (N-methyl/N-ethyl adjacent to an activating group) is 1.